The number of alkyl carbamates (subject to hydrolysis) is 1. The van der Waals surface area contributed by atoms with Crippen LogP contribution >= 0.6 is 0 Å². The highest BCUT2D eigenvalue weighted by Crippen LogP contribution is 2.46. The smallest absolute Gasteiger partial charge is 0.408 e. The van der Waals surface area contributed by atoms with Crippen LogP contribution in [0.4, 0.5) is 4.79 Å². The maximum Gasteiger partial charge on any atom is 0.408 e. The molecule has 12 nitrogen and oxygen atoms in total. The van der Waals surface area contributed by atoms with Crippen LogP contribution in [0, 0.1) is 25.2 Å². The van der Waals surface area contributed by atoms with Gasteiger partial charge >= 0.3 is 6.09 Å². The zero-order valence-electron chi connectivity index (χ0n) is 28.0. The number of aryl methyl sites for hydroxylation is 2. The van der Waals surface area contributed by atoms with E-state index < -0.39 is 79.2 Å². The largest absolute Gasteiger partial charge is 0.444 e. The number of carbonyl (C=O) groups is 4. The van der Waals surface area contributed by atoms with E-state index in [1.54, 1.807) is 41.5 Å². The SMILES string of the molecule is C=C[C@@H]1C[C@]1(NC(=O)[C@@H]1C[C@@](O)(c2cc(C)ccc2C)CN1C(=O)[C@@H](NC(=O)OC(C)(C)C)C(C)(C)C)C(=O)NS(=O)(=O)C1CC1. The molecule has 2 saturated carbocycles. The Morgan fingerprint density at radius 2 is 1.72 bits per heavy atom. The first-order valence-corrected chi connectivity index (χ1v) is 17.2. The first-order valence-electron chi connectivity index (χ1n) is 15.6. The summed E-state index contributed by atoms with van der Waals surface area (Å²) in [4.78, 5) is 56.0. The molecule has 3 aliphatic rings. The van der Waals surface area contributed by atoms with Gasteiger partial charge in [-0.2, -0.15) is 0 Å². The van der Waals surface area contributed by atoms with Gasteiger partial charge in [0.05, 0.1) is 11.8 Å². The molecule has 1 heterocycles. The molecule has 4 N–H and O–H groups in total. The van der Waals surface area contributed by atoms with Crippen LogP contribution in [-0.4, -0.2) is 77.3 Å². The molecule has 4 amide bonds. The second-order valence-electron chi connectivity index (χ2n) is 15.2. The van der Waals surface area contributed by atoms with Crippen molar-refractivity contribution in [1.29, 1.82) is 0 Å². The number of ether oxygens (including phenoxy) is 1. The third-order valence-electron chi connectivity index (χ3n) is 8.84. The molecule has 254 valence electrons. The highest BCUT2D eigenvalue weighted by molar-refractivity contribution is 7.91. The van der Waals surface area contributed by atoms with E-state index in [2.05, 4.69) is 21.9 Å². The van der Waals surface area contributed by atoms with E-state index in [9.17, 15) is 32.7 Å². The van der Waals surface area contributed by atoms with Crippen LogP contribution in [0.3, 0.4) is 0 Å². The van der Waals surface area contributed by atoms with Crippen molar-refractivity contribution < 1.29 is 37.4 Å². The molecule has 3 fully saturated rings. The lowest BCUT2D eigenvalue weighted by molar-refractivity contribution is -0.143. The third-order valence-corrected chi connectivity index (χ3v) is 10.7. The number of benzene rings is 1. The summed E-state index contributed by atoms with van der Waals surface area (Å²) in [6.45, 7) is 17.5. The Bertz CT molecular complexity index is 1540. The van der Waals surface area contributed by atoms with Crippen LogP contribution in [0.15, 0.2) is 30.9 Å². The fourth-order valence-corrected chi connectivity index (χ4v) is 7.41. The fourth-order valence-electron chi connectivity index (χ4n) is 6.04. The molecule has 0 spiro atoms. The predicted molar refractivity (Wildman–Crippen MR) is 172 cm³/mol. The number of amides is 4. The summed E-state index contributed by atoms with van der Waals surface area (Å²) in [5.74, 6) is -2.75. The van der Waals surface area contributed by atoms with Gasteiger partial charge in [0.25, 0.3) is 5.91 Å². The minimum atomic E-state index is -3.90. The highest BCUT2D eigenvalue weighted by Gasteiger charge is 2.62. The molecule has 1 aromatic rings. The van der Waals surface area contributed by atoms with Crippen molar-refractivity contribution in [2.75, 3.05) is 6.54 Å². The Hall–Kier alpha value is -3.45. The lowest BCUT2D eigenvalue weighted by Gasteiger charge is -2.36. The van der Waals surface area contributed by atoms with Gasteiger partial charge in [-0.25, -0.2) is 13.2 Å². The third kappa shape index (κ3) is 7.41. The molecule has 4 rings (SSSR count). The Labute approximate surface area is 271 Å². The van der Waals surface area contributed by atoms with Gasteiger partial charge in [-0.05, 0) is 70.4 Å². The van der Waals surface area contributed by atoms with Gasteiger partial charge in [0.2, 0.25) is 21.8 Å². The Morgan fingerprint density at radius 3 is 2.24 bits per heavy atom. The summed E-state index contributed by atoms with van der Waals surface area (Å²) in [6.07, 6.45) is 1.50. The van der Waals surface area contributed by atoms with E-state index in [0.29, 0.717) is 18.4 Å². The summed E-state index contributed by atoms with van der Waals surface area (Å²) in [5.41, 5.74) is -2.71. The molecular formula is C33H48N4O8S. The summed E-state index contributed by atoms with van der Waals surface area (Å²) < 4.78 is 32.8. The fraction of sp³-hybridized carbons (Fsp3) is 0.636. The van der Waals surface area contributed by atoms with E-state index in [1.807, 2.05) is 32.0 Å². The molecule has 0 aromatic heterocycles. The number of hydrogen-bond acceptors (Lipinski definition) is 8. The van der Waals surface area contributed by atoms with E-state index in [-0.39, 0.29) is 19.4 Å². The van der Waals surface area contributed by atoms with Crippen LogP contribution in [0.5, 0.6) is 0 Å². The first-order chi connectivity index (χ1) is 21.0. The summed E-state index contributed by atoms with van der Waals surface area (Å²) in [6, 6.07) is 3.14. The lowest BCUT2D eigenvalue weighted by atomic mass is 9.85. The van der Waals surface area contributed by atoms with Gasteiger partial charge in [-0.15, -0.1) is 6.58 Å². The van der Waals surface area contributed by atoms with Crippen molar-refractivity contribution in [3.05, 3.63) is 47.5 Å². The maximum absolute atomic E-state index is 14.4. The second kappa shape index (κ2) is 12.0. The first kappa shape index (κ1) is 35.4. The second-order valence-corrected chi connectivity index (χ2v) is 17.1. The Kier molecular flexibility index (Phi) is 9.21. The van der Waals surface area contributed by atoms with Crippen LogP contribution < -0.4 is 15.4 Å². The van der Waals surface area contributed by atoms with Gasteiger partial charge < -0.3 is 25.4 Å². The zero-order valence-corrected chi connectivity index (χ0v) is 28.8. The average molecular weight is 661 g/mol. The minimum Gasteiger partial charge on any atom is -0.444 e. The van der Waals surface area contributed by atoms with Gasteiger partial charge in [-0.3, -0.25) is 19.1 Å². The maximum atomic E-state index is 14.4. The topological polar surface area (TPSA) is 171 Å². The van der Waals surface area contributed by atoms with Crippen molar-refractivity contribution >= 4 is 33.8 Å². The normalized spacial score (nSPS) is 26.9. The zero-order chi connectivity index (χ0) is 34.6. The van der Waals surface area contributed by atoms with Gasteiger partial charge in [0.15, 0.2) is 0 Å². The van der Waals surface area contributed by atoms with Crippen LogP contribution in [0.25, 0.3) is 0 Å². The quantitative estimate of drug-likeness (QED) is 0.293. The monoisotopic (exact) mass is 660 g/mol. The van der Waals surface area contributed by atoms with Crippen molar-refractivity contribution in [2.24, 2.45) is 11.3 Å². The van der Waals surface area contributed by atoms with Crippen molar-refractivity contribution in [3.63, 3.8) is 0 Å². The number of likely N-dealkylation sites (tertiary alicyclic amines) is 1. The van der Waals surface area contributed by atoms with Crippen molar-refractivity contribution in [1.82, 2.24) is 20.3 Å². The predicted octanol–water partition coefficient (Wildman–Crippen LogP) is 2.70. The molecule has 1 aromatic carbocycles. The molecule has 5 atom stereocenters. The van der Waals surface area contributed by atoms with E-state index in [1.165, 1.54) is 11.0 Å². The molecule has 1 saturated heterocycles. The summed E-state index contributed by atoms with van der Waals surface area (Å²) in [7, 11) is -3.90. The number of nitrogens with one attached hydrogen (secondary N) is 3. The van der Waals surface area contributed by atoms with Gasteiger partial charge in [0, 0.05) is 12.3 Å². The Balaban J connectivity index is 1.70. The lowest BCUT2D eigenvalue weighted by Crippen LogP contribution is -2.60. The number of hydrogen-bond donors (Lipinski definition) is 4. The molecule has 2 aliphatic carbocycles. The highest BCUT2D eigenvalue weighted by atomic mass is 32.2. The van der Waals surface area contributed by atoms with Gasteiger partial charge in [-0.1, -0.05) is 50.6 Å². The molecule has 0 unspecified atom stereocenters. The summed E-state index contributed by atoms with van der Waals surface area (Å²) >= 11 is 0. The van der Waals surface area contributed by atoms with Crippen LogP contribution in [-0.2, 0) is 34.7 Å². The van der Waals surface area contributed by atoms with Crippen molar-refractivity contribution in [2.45, 2.75) is 115 Å². The molecule has 46 heavy (non-hydrogen) atoms. The van der Waals surface area contributed by atoms with Crippen LogP contribution in [0.2, 0.25) is 0 Å². The molecule has 1 aliphatic heterocycles. The van der Waals surface area contributed by atoms with E-state index in [0.717, 1.165) is 11.1 Å². The number of carbonyl (C=O) groups excluding carboxylic acids is 4. The molecule has 0 bridgehead atoms. The van der Waals surface area contributed by atoms with E-state index >= 15 is 0 Å². The average Bonchev–Trinajstić information content (AvgIpc) is 3.84. The molecule has 13 heteroatoms. The minimum absolute atomic E-state index is 0.126. The molecular weight excluding hydrogens is 612 g/mol. The number of nitrogens with zero attached hydrogens (tertiary/aromatic N) is 1. The standard InChI is InChI=1S/C33H48N4O8S/c1-10-21-16-33(21,28(40)36-46(43,44)22-13-14-22)35-26(38)24-17-32(42,23-15-19(2)11-12-20(23)3)18-37(24)27(39)25(30(4,5)6)34-29(41)45-31(7,8)9/h10-12,15,21-22,24-25,42H,1,13-14,16-18H2,2-9H3,(H,34,41)(H,35,38)(H,36,40)/t21-,24+,25-,32+,33-/m1/s1. The molecule has 0 radical (unpaired) electrons. The number of rotatable bonds is 9. The van der Waals surface area contributed by atoms with Crippen LogP contribution in [0.1, 0.15) is 83.9 Å². The number of aliphatic hydroxyl groups is 1. The Morgan fingerprint density at radius 1 is 1.09 bits per heavy atom. The number of sulfonamides is 1. The van der Waals surface area contributed by atoms with E-state index in [4.69, 9.17) is 4.74 Å². The van der Waals surface area contributed by atoms with Gasteiger partial charge in [0.1, 0.15) is 28.8 Å². The summed E-state index contributed by atoms with van der Waals surface area (Å²) in [5, 5.41) is 16.9. The number of β-amino-alcohol motifs (C(OH)–C–C–N with tert-alkyl or cyclic N) is 1. The van der Waals surface area contributed by atoms with Crippen molar-refractivity contribution in [3.8, 4) is 0 Å².